The van der Waals surface area contributed by atoms with Crippen LogP contribution in [0.15, 0.2) is 30.5 Å². The number of nitrogens with zero attached hydrogens (tertiary/aromatic N) is 3. The zero-order valence-corrected chi connectivity index (χ0v) is 16.8. The van der Waals surface area contributed by atoms with Gasteiger partial charge in [0.05, 0.1) is 13.7 Å². The van der Waals surface area contributed by atoms with Gasteiger partial charge in [-0.2, -0.15) is 13.2 Å². The van der Waals surface area contributed by atoms with Crippen LogP contribution in [-0.2, 0) is 12.6 Å². The monoisotopic (exact) mass is 435 g/mol. The first-order chi connectivity index (χ1) is 14.9. The number of aromatic nitrogens is 3. The predicted molar refractivity (Wildman–Crippen MR) is 104 cm³/mol. The van der Waals surface area contributed by atoms with E-state index in [4.69, 9.17) is 9.47 Å². The maximum Gasteiger partial charge on any atom is 0.423 e. The summed E-state index contributed by atoms with van der Waals surface area (Å²) in [6, 6.07) is 5.91. The van der Waals surface area contributed by atoms with Crippen LogP contribution in [0.1, 0.15) is 42.1 Å². The van der Waals surface area contributed by atoms with E-state index in [-0.39, 0.29) is 35.7 Å². The van der Waals surface area contributed by atoms with Gasteiger partial charge in [0.25, 0.3) is 0 Å². The number of benzene rings is 1. The third-order valence-corrected chi connectivity index (χ3v) is 6.04. The normalized spacial score (nSPS) is 20.8. The second-order valence-electron chi connectivity index (χ2n) is 8.28. The molecule has 2 fully saturated rings. The highest BCUT2D eigenvalue weighted by Gasteiger charge is 2.44. The number of fused-ring (bicyclic) bond motifs is 1. The van der Waals surface area contributed by atoms with E-state index in [1.165, 1.54) is 29.8 Å². The second-order valence-corrected chi connectivity index (χ2v) is 8.28. The quantitative estimate of drug-likeness (QED) is 0.489. The smallest absolute Gasteiger partial charge is 0.423 e. The maximum atomic E-state index is 14.3. The van der Waals surface area contributed by atoms with Crippen LogP contribution in [0.4, 0.5) is 17.6 Å². The fourth-order valence-corrected chi connectivity index (χ4v) is 4.13. The Morgan fingerprint density at radius 1 is 1.13 bits per heavy atom. The lowest BCUT2D eigenvalue weighted by Gasteiger charge is -2.15. The van der Waals surface area contributed by atoms with Gasteiger partial charge in [0.2, 0.25) is 0 Å². The molecule has 0 bridgehead atoms. The Hall–Kier alpha value is -2.84. The standard InChI is InChI=1S/C22H21F4N3O2/c1-30-16-4-2-3-15(23)19(16)14-10-13(14)11-31-17-7-8-29-18(9-12-5-6-12)27-28-21(29)20(17)22(24,25)26/h2-4,7-8,12-14H,5-6,9-11H2,1H3/t13-,14?/m0/s1. The van der Waals surface area contributed by atoms with Crippen molar-refractivity contribution in [3.63, 3.8) is 0 Å². The van der Waals surface area contributed by atoms with E-state index in [1.54, 1.807) is 12.1 Å². The molecule has 0 saturated heterocycles. The van der Waals surface area contributed by atoms with E-state index in [0.717, 1.165) is 12.8 Å². The Kier molecular flexibility index (Phi) is 4.79. The molecule has 1 unspecified atom stereocenters. The number of hydrogen-bond donors (Lipinski definition) is 0. The first-order valence-corrected chi connectivity index (χ1v) is 10.3. The lowest BCUT2D eigenvalue weighted by molar-refractivity contribution is -0.138. The van der Waals surface area contributed by atoms with Crippen molar-refractivity contribution in [1.82, 2.24) is 14.6 Å². The first-order valence-electron chi connectivity index (χ1n) is 10.3. The number of methoxy groups -OCH3 is 1. The highest BCUT2D eigenvalue weighted by atomic mass is 19.4. The molecule has 2 aromatic heterocycles. The van der Waals surface area contributed by atoms with E-state index >= 15 is 0 Å². The van der Waals surface area contributed by atoms with E-state index in [0.29, 0.717) is 35.9 Å². The minimum Gasteiger partial charge on any atom is -0.496 e. The zero-order chi connectivity index (χ0) is 21.8. The van der Waals surface area contributed by atoms with E-state index in [9.17, 15) is 17.6 Å². The Morgan fingerprint density at radius 2 is 1.94 bits per heavy atom. The third kappa shape index (κ3) is 3.81. The van der Waals surface area contributed by atoms with Crippen molar-refractivity contribution in [1.29, 1.82) is 0 Å². The molecular weight excluding hydrogens is 414 g/mol. The summed E-state index contributed by atoms with van der Waals surface area (Å²) in [7, 11) is 1.47. The fraction of sp³-hybridized carbons (Fsp3) is 0.455. The summed E-state index contributed by atoms with van der Waals surface area (Å²) in [4.78, 5) is 0. The lowest BCUT2D eigenvalue weighted by atomic mass is 10.1. The molecule has 2 heterocycles. The van der Waals surface area contributed by atoms with Crippen molar-refractivity contribution in [2.24, 2.45) is 11.8 Å². The highest BCUT2D eigenvalue weighted by Crippen LogP contribution is 2.51. The lowest BCUT2D eigenvalue weighted by Crippen LogP contribution is -2.13. The average Bonchev–Trinajstić information content (AvgIpc) is 3.64. The molecule has 2 aliphatic carbocycles. The van der Waals surface area contributed by atoms with Gasteiger partial charge in [0, 0.05) is 24.1 Å². The molecule has 0 N–H and O–H groups in total. The SMILES string of the molecule is COc1cccc(F)c1C1C[C@H]1COc1ccn2c(CC3CC3)nnc2c1C(F)(F)F. The van der Waals surface area contributed by atoms with Crippen molar-refractivity contribution in [2.45, 2.75) is 37.8 Å². The minimum absolute atomic E-state index is 0.0461. The van der Waals surface area contributed by atoms with Gasteiger partial charge < -0.3 is 9.47 Å². The summed E-state index contributed by atoms with van der Waals surface area (Å²) in [6.07, 6.45) is 0.265. The number of halogens is 4. The number of alkyl halides is 3. The van der Waals surface area contributed by atoms with Crippen LogP contribution in [-0.4, -0.2) is 28.3 Å². The van der Waals surface area contributed by atoms with Crippen molar-refractivity contribution < 1.29 is 27.0 Å². The third-order valence-electron chi connectivity index (χ3n) is 6.04. The summed E-state index contributed by atoms with van der Waals surface area (Å²) in [6.45, 7) is 0.0461. The number of pyridine rings is 1. The Bertz CT molecular complexity index is 1120. The molecule has 5 rings (SSSR count). The molecule has 1 aromatic carbocycles. The molecule has 5 nitrogen and oxygen atoms in total. The number of hydrogen-bond acceptors (Lipinski definition) is 4. The molecule has 164 valence electrons. The average molecular weight is 435 g/mol. The maximum absolute atomic E-state index is 14.3. The summed E-state index contributed by atoms with van der Waals surface area (Å²) in [5.41, 5.74) is -0.721. The van der Waals surface area contributed by atoms with Crippen LogP contribution >= 0.6 is 0 Å². The van der Waals surface area contributed by atoms with Gasteiger partial charge in [0.1, 0.15) is 28.7 Å². The van der Waals surface area contributed by atoms with Crippen molar-refractivity contribution in [2.75, 3.05) is 13.7 Å². The molecule has 0 aliphatic heterocycles. The first kappa shape index (κ1) is 20.1. The van der Waals surface area contributed by atoms with Gasteiger partial charge in [-0.05, 0) is 49.3 Å². The molecular formula is C22H21F4N3O2. The van der Waals surface area contributed by atoms with Gasteiger partial charge in [-0.1, -0.05) is 6.07 Å². The van der Waals surface area contributed by atoms with Crippen molar-refractivity contribution >= 4 is 5.65 Å². The van der Waals surface area contributed by atoms with Crippen LogP contribution in [0.3, 0.4) is 0 Å². The minimum atomic E-state index is -4.64. The molecule has 3 aromatic rings. The molecule has 0 amide bonds. The van der Waals surface area contributed by atoms with Crippen LogP contribution in [0.25, 0.3) is 5.65 Å². The molecule has 0 radical (unpaired) electrons. The summed E-state index contributed by atoms with van der Waals surface area (Å²) >= 11 is 0. The molecule has 0 spiro atoms. The van der Waals surface area contributed by atoms with Crippen LogP contribution < -0.4 is 9.47 Å². The number of rotatable bonds is 7. The zero-order valence-electron chi connectivity index (χ0n) is 16.8. The van der Waals surface area contributed by atoms with Crippen molar-refractivity contribution in [3.05, 3.63) is 53.2 Å². The predicted octanol–water partition coefficient (Wildman–Crippen LogP) is 5.03. The van der Waals surface area contributed by atoms with Gasteiger partial charge in [-0.15, -0.1) is 10.2 Å². The van der Waals surface area contributed by atoms with E-state index in [1.807, 2.05) is 0 Å². The largest absolute Gasteiger partial charge is 0.496 e. The summed E-state index contributed by atoms with van der Waals surface area (Å²) in [5, 5.41) is 7.79. The number of ether oxygens (including phenoxy) is 2. The Balaban J connectivity index is 1.38. The molecule has 2 atom stereocenters. The van der Waals surface area contributed by atoms with Gasteiger partial charge >= 0.3 is 6.18 Å². The highest BCUT2D eigenvalue weighted by molar-refractivity contribution is 5.57. The molecule has 2 saturated carbocycles. The van der Waals surface area contributed by atoms with E-state index in [2.05, 4.69) is 10.2 Å². The van der Waals surface area contributed by atoms with Gasteiger partial charge in [-0.25, -0.2) is 4.39 Å². The Labute approximate surface area is 176 Å². The molecule has 9 heteroatoms. The van der Waals surface area contributed by atoms with Gasteiger partial charge in [-0.3, -0.25) is 4.40 Å². The van der Waals surface area contributed by atoms with E-state index < -0.39 is 11.7 Å². The summed E-state index contributed by atoms with van der Waals surface area (Å²) in [5.74, 6) is 0.547. The topological polar surface area (TPSA) is 48.7 Å². The van der Waals surface area contributed by atoms with Crippen LogP contribution in [0.5, 0.6) is 11.5 Å². The fourth-order valence-electron chi connectivity index (χ4n) is 4.13. The Morgan fingerprint density at radius 3 is 2.65 bits per heavy atom. The van der Waals surface area contributed by atoms with Gasteiger partial charge in [0.15, 0.2) is 5.65 Å². The van der Waals surface area contributed by atoms with Crippen LogP contribution in [0.2, 0.25) is 0 Å². The molecule has 31 heavy (non-hydrogen) atoms. The van der Waals surface area contributed by atoms with Crippen LogP contribution in [0, 0.1) is 17.7 Å². The van der Waals surface area contributed by atoms with Crippen molar-refractivity contribution in [3.8, 4) is 11.5 Å². The molecule has 2 aliphatic rings. The summed E-state index contributed by atoms with van der Waals surface area (Å²) < 4.78 is 68.1. The second kappa shape index (κ2) is 7.39.